The Morgan fingerprint density at radius 2 is 1.53 bits per heavy atom. The Balaban J connectivity index is 1.90. The SMILES string of the molecule is COc1ccc([C@@H](C)NC(=O)CN(c2cc(C)cc(C)c2)S(=O)(=O)c2ccccc2)cc1OC. The van der Waals surface area contributed by atoms with Gasteiger partial charge in [-0.05, 0) is 73.9 Å². The van der Waals surface area contributed by atoms with Crippen molar-refractivity contribution in [3.8, 4) is 11.5 Å². The summed E-state index contributed by atoms with van der Waals surface area (Å²) in [7, 11) is -0.871. The number of carbonyl (C=O) groups excluding carboxylic acids is 1. The van der Waals surface area contributed by atoms with E-state index in [9.17, 15) is 13.2 Å². The molecule has 1 N–H and O–H groups in total. The molecule has 0 bridgehead atoms. The van der Waals surface area contributed by atoms with Crippen LogP contribution in [0, 0.1) is 13.8 Å². The molecule has 1 amide bonds. The Labute approximate surface area is 201 Å². The van der Waals surface area contributed by atoms with E-state index in [4.69, 9.17) is 9.47 Å². The lowest BCUT2D eigenvalue weighted by Gasteiger charge is -2.26. The monoisotopic (exact) mass is 482 g/mol. The highest BCUT2D eigenvalue weighted by atomic mass is 32.2. The molecule has 0 aliphatic rings. The molecule has 34 heavy (non-hydrogen) atoms. The van der Waals surface area contributed by atoms with Gasteiger partial charge in [0.05, 0.1) is 30.8 Å². The lowest BCUT2D eigenvalue weighted by molar-refractivity contribution is -0.120. The largest absolute Gasteiger partial charge is 0.493 e. The molecule has 0 fully saturated rings. The predicted molar refractivity (Wildman–Crippen MR) is 133 cm³/mol. The van der Waals surface area contributed by atoms with E-state index in [2.05, 4.69) is 5.32 Å². The van der Waals surface area contributed by atoms with Crippen LogP contribution >= 0.6 is 0 Å². The van der Waals surface area contributed by atoms with Gasteiger partial charge in [0.1, 0.15) is 6.54 Å². The molecular formula is C26H30N2O5S. The van der Waals surface area contributed by atoms with Crippen molar-refractivity contribution >= 4 is 21.6 Å². The topological polar surface area (TPSA) is 84.9 Å². The highest BCUT2D eigenvalue weighted by Gasteiger charge is 2.28. The summed E-state index contributed by atoms with van der Waals surface area (Å²) in [6.45, 7) is 5.25. The number of rotatable bonds is 9. The normalized spacial score (nSPS) is 12.0. The zero-order chi connectivity index (χ0) is 24.9. The highest BCUT2D eigenvalue weighted by molar-refractivity contribution is 7.92. The number of amides is 1. The number of benzene rings is 3. The van der Waals surface area contributed by atoms with Gasteiger partial charge in [-0.2, -0.15) is 0 Å². The van der Waals surface area contributed by atoms with Gasteiger partial charge in [0.25, 0.3) is 10.0 Å². The minimum Gasteiger partial charge on any atom is -0.493 e. The van der Waals surface area contributed by atoms with Crippen LogP contribution in [0.25, 0.3) is 0 Å². The van der Waals surface area contributed by atoms with Crippen molar-refractivity contribution in [2.45, 2.75) is 31.7 Å². The molecule has 0 spiro atoms. The fourth-order valence-electron chi connectivity index (χ4n) is 3.75. The standard InChI is InChI=1S/C26H30N2O5S/c1-18-13-19(2)15-22(14-18)28(34(30,31)23-9-7-6-8-10-23)17-26(29)27-20(3)21-11-12-24(32-4)25(16-21)33-5/h6-16,20H,17H2,1-5H3,(H,27,29)/t20-/m1/s1. The summed E-state index contributed by atoms with van der Waals surface area (Å²) in [6.07, 6.45) is 0. The molecule has 0 radical (unpaired) electrons. The number of hydrogen-bond donors (Lipinski definition) is 1. The molecule has 0 unspecified atom stereocenters. The van der Waals surface area contributed by atoms with Crippen LogP contribution in [0.4, 0.5) is 5.69 Å². The van der Waals surface area contributed by atoms with E-state index in [1.807, 2.05) is 32.9 Å². The van der Waals surface area contributed by atoms with Crippen molar-refractivity contribution < 1.29 is 22.7 Å². The van der Waals surface area contributed by atoms with Crippen LogP contribution in [0.15, 0.2) is 71.6 Å². The number of anilines is 1. The van der Waals surface area contributed by atoms with Crippen LogP contribution in [0.2, 0.25) is 0 Å². The Morgan fingerprint density at radius 1 is 0.912 bits per heavy atom. The van der Waals surface area contributed by atoms with Crippen LogP contribution in [0.3, 0.4) is 0 Å². The maximum absolute atomic E-state index is 13.5. The third kappa shape index (κ3) is 5.69. The van der Waals surface area contributed by atoms with Crippen LogP contribution in [0.1, 0.15) is 29.7 Å². The van der Waals surface area contributed by atoms with Gasteiger partial charge in [-0.25, -0.2) is 8.42 Å². The fraction of sp³-hybridized carbons (Fsp3) is 0.269. The summed E-state index contributed by atoms with van der Waals surface area (Å²) in [4.78, 5) is 13.2. The molecule has 0 aromatic heterocycles. The number of sulfonamides is 1. The average Bonchev–Trinajstić information content (AvgIpc) is 2.81. The Bertz CT molecular complexity index is 1240. The number of aryl methyl sites for hydroxylation is 2. The van der Waals surface area contributed by atoms with Gasteiger partial charge < -0.3 is 14.8 Å². The number of hydrogen-bond acceptors (Lipinski definition) is 5. The van der Waals surface area contributed by atoms with E-state index in [1.54, 1.807) is 56.7 Å². The maximum atomic E-state index is 13.5. The second-order valence-corrected chi connectivity index (χ2v) is 9.94. The van der Waals surface area contributed by atoms with Gasteiger partial charge in [-0.1, -0.05) is 30.3 Å². The van der Waals surface area contributed by atoms with Crippen molar-refractivity contribution in [2.75, 3.05) is 25.1 Å². The maximum Gasteiger partial charge on any atom is 0.264 e. The smallest absolute Gasteiger partial charge is 0.264 e. The second-order valence-electron chi connectivity index (χ2n) is 8.07. The number of methoxy groups -OCH3 is 2. The molecule has 8 heteroatoms. The Morgan fingerprint density at radius 3 is 2.12 bits per heavy atom. The van der Waals surface area contributed by atoms with Crippen LogP contribution in [-0.4, -0.2) is 35.1 Å². The zero-order valence-electron chi connectivity index (χ0n) is 20.0. The molecule has 0 saturated carbocycles. The first-order chi connectivity index (χ1) is 16.1. The zero-order valence-corrected chi connectivity index (χ0v) is 20.8. The van der Waals surface area contributed by atoms with Crippen LogP contribution in [-0.2, 0) is 14.8 Å². The molecule has 0 heterocycles. The molecule has 0 aliphatic carbocycles. The van der Waals surface area contributed by atoms with E-state index in [-0.39, 0.29) is 17.5 Å². The third-order valence-electron chi connectivity index (χ3n) is 5.40. The Kier molecular flexibility index (Phi) is 7.83. The van der Waals surface area contributed by atoms with Gasteiger partial charge in [-0.3, -0.25) is 9.10 Å². The number of carbonyl (C=O) groups is 1. The van der Waals surface area contributed by atoms with Gasteiger partial charge >= 0.3 is 0 Å². The van der Waals surface area contributed by atoms with Crippen LogP contribution in [0.5, 0.6) is 11.5 Å². The summed E-state index contributed by atoms with van der Waals surface area (Å²) in [5.74, 6) is 0.699. The van der Waals surface area contributed by atoms with E-state index in [0.717, 1.165) is 21.0 Å². The van der Waals surface area contributed by atoms with Crippen molar-refractivity contribution in [2.24, 2.45) is 0 Å². The van der Waals surface area contributed by atoms with E-state index >= 15 is 0 Å². The number of nitrogens with zero attached hydrogens (tertiary/aromatic N) is 1. The molecular weight excluding hydrogens is 452 g/mol. The van der Waals surface area contributed by atoms with E-state index in [1.165, 1.54) is 12.1 Å². The Hall–Kier alpha value is -3.52. The van der Waals surface area contributed by atoms with Gasteiger partial charge in [0.2, 0.25) is 5.91 Å². The average molecular weight is 483 g/mol. The summed E-state index contributed by atoms with van der Waals surface area (Å²) < 4.78 is 38.8. The van der Waals surface area contributed by atoms with Crippen molar-refractivity contribution in [1.29, 1.82) is 0 Å². The second kappa shape index (κ2) is 10.6. The van der Waals surface area contributed by atoms with Crippen LogP contribution < -0.4 is 19.1 Å². The number of nitrogens with one attached hydrogen (secondary N) is 1. The summed E-state index contributed by atoms with van der Waals surface area (Å²) in [6, 6.07) is 18.6. The fourth-order valence-corrected chi connectivity index (χ4v) is 5.18. The lowest BCUT2D eigenvalue weighted by Crippen LogP contribution is -2.41. The molecule has 7 nitrogen and oxygen atoms in total. The lowest BCUT2D eigenvalue weighted by atomic mass is 10.1. The molecule has 180 valence electrons. The third-order valence-corrected chi connectivity index (χ3v) is 7.19. The molecule has 3 rings (SSSR count). The van der Waals surface area contributed by atoms with E-state index < -0.39 is 15.9 Å². The first-order valence-corrected chi connectivity index (χ1v) is 12.3. The molecule has 3 aromatic rings. The van der Waals surface area contributed by atoms with Gasteiger partial charge in [0, 0.05) is 0 Å². The minimum absolute atomic E-state index is 0.120. The quantitative estimate of drug-likeness (QED) is 0.489. The van der Waals surface area contributed by atoms with Crippen molar-refractivity contribution in [3.63, 3.8) is 0 Å². The first-order valence-electron chi connectivity index (χ1n) is 10.8. The van der Waals surface area contributed by atoms with Crippen molar-refractivity contribution in [1.82, 2.24) is 5.32 Å². The molecule has 0 saturated heterocycles. The predicted octanol–water partition coefficient (Wildman–Crippen LogP) is 4.39. The molecule has 1 atom stereocenters. The number of ether oxygens (including phenoxy) is 2. The highest BCUT2D eigenvalue weighted by Crippen LogP contribution is 2.30. The van der Waals surface area contributed by atoms with Crippen molar-refractivity contribution in [3.05, 3.63) is 83.4 Å². The summed E-state index contributed by atoms with van der Waals surface area (Å²) in [5, 5.41) is 2.90. The molecule has 0 aliphatic heterocycles. The van der Waals surface area contributed by atoms with Gasteiger partial charge in [0.15, 0.2) is 11.5 Å². The summed E-state index contributed by atoms with van der Waals surface area (Å²) in [5.41, 5.74) is 3.05. The summed E-state index contributed by atoms with van der Waals surface area (Å²) >= 11 is 0. The van der Waals surface area contributed by atoms with Gasteiger partial charge in [-0.15, -0.1) is 0 Å². The van der Waals surface area contributed by atoms with E-state index in [0.29, 0.717) is 17.2 Å². The minimum atomic E-state index is -3.97. The first kappa shape index (κ1) is 25.1. The molecule has 3 aromatic carbocycles.